The number of rotatable bonds is 4. The zero-order valence-electron chi connectivity index (χ0n) is 16.7. The highest BCUT2D eigenvalue weighted by Gasteiger charge is 2.20. The molecule has 4 aromatic rings. The molecule has 0 aliphatic rings. The molecule has 1 N–H and O–H groups in total. The second kappa shape index (κ2) is 7.99. The summed E-state index contributed by atoms with van der Waals surface area (Å²) in [6.07, 6.45) is 0. The van der Waals surface area contributed by atoms with Gasteiger partial charge in [0.15, 0.2) is 0 Å². The summed E-state index contributed by atoms with van der Waals surface area (Å²) in [6.45, 7) is 1.42. The van der Waals surface area contributed by atoms with Crippen LogP contribution < -0.4 is 16.6 Å². The Bertz CT molecular complexity index is 1440. The van der Waals surface area contributed by atoms with E-state index in [1.165, 1.54) is 16.7 Å². The number of hydrogen-bond donors (Lipinski definition) is 1. The molecule has 0 fully saturated rings. The number of para-hydroxylation sites is 1. The van der Waals surface area contributed by atoms with Crippen LogP contribution in [0.25, 0.3) is 16.7 Å². The highest BCUT2D eigenvalue weighted by atomic mass is 79.9. The largest absolute Gasteiger partial charge is 0.342 e. The molecule has 2 aromatic carbocycles. The number of halogens is 2. The number of benzene rings is 2. The number of carbonyl (C=O) groups excluding carboxylic acids is 1. The Kier molecular flexibility index (Phi) is 5.36. The Morgan fingerprint density at radius 1 is 1.10 bits per heavy atom. The fourth-order valence-electron chi connectivity index (χ4n) is 3.47. The number of carbonyl (C=O) groups is 1. The first-order valence-corrected chi connectivity index (χ1v) is 10.2. The summed E-state index contributed by atoms with van der Waals surface area (Å²) in [5.74, 6) is -1.20. The van der Waals surface area contributed by atoms with Crippen molar-refractivity contribution in [3.63, 3.8) is 0 Å². The average Bonchev–Trinajstić information content (AvgIpc) is 3.03. The molecular weight excluding hydrogens is 467 g/mol. The third-order valence-corrected chi connectivity index (χ3v) is 5.59. The van der Waals surface area contributed by atoms with E-state index in [-0.39, 0.29) is 12.2 Å². The lowest BCUT2D eigenvalue weighted by molar-refractivity contribution is -0.116. The minimum atomic E-state index is -0.652. The van der Waals surface area contributed by atoms with E-state index < -0.39 is 23.0 Å². The molecule has 0 bridgehead atoms. The van der Waals surface area contributed by atoms with Gasteiger partial charge in [-0.2, -0.15) is 0 Å². The van der Waals surface area contributed by atoms with Crippen molar-refractivity contribution in [2.45, 2.75) is 13.5 Å². The molecule has 158 valence electrons. The van der Waals surface area contributed by atoms with E-state index in [0.717, 1.165) is 10.3 Å². The van der Waals surface area contributed by atoms with Crippen molar-refractivity contribution in [2.75, 3.05) is 5.32 Å². The van der Waals surface area contributed by atoms with Crippen LogP contribution in [0.3, 0.4) is 0 Å². The first kappa shape index (κ1) is 20.8. The highest BCUT2D eigenvalue weighted by Crippen LogP contribution is 2.20. The van der Waals surface area contributed by atoms with E-state index in [1.807, 2.05) is 0 Å². The number of nitrogens with zero attached hydrogens (tertiary/aromatic N) is 3. The molecule has 0 unspecified atom stereocenters. The second-order valence-electron chi connectivity index (χ2n) is 7.10. The standard InChI is InChI=1S/C22H18BrFN4O3/c1-13-10-18-20(26(13)2)21(30)28(15-6-4-3-5-7-15)22(31)27(18)12-19(29)25-17-9-8-14(23)11-16(17)24/h3-11H,12H2,1-2H3,(H,25,29). The molecular formula is C22H18BrFN4O3. The summed E-state index contributed by atoms with van der Waals surface area (Å²) >= 11 is 3.17. The molecule has 0 aliphatic carbocycles. The first-order valence-electron chi connectivity index (χ1n) is 9.40. The highest BCUT2D eigenvalue weighted by molar-refractivity contribution is 9.10. The van der Waals surface area contributed by atoms with Crippen LogP contribution in [0.1, 0.15) is 5.69 Å². The van der Waals surface area contributed by atoms with E-state index in [0.29, 0.717) is 21.2 Å². The van der Waals surface area contributed by atoms with Crippen LogP contribution in [0, 0.1) is 12.7 Å². The van der Waals surface area contributed by atoms with Crippen LogP contribution in [-0.2, 0) is 18.4 Å². The Labute approximate surface area is 184 Å². The third kappa shape index (κ3) is 3.72. The molecule has 0 radical (unpaired) electrons. The topological polar surface area (TPSA) is 78.0 Å². The Balaban J connectivity index is 1.85. The minimum absolute atomic E-state index is 0.00174. The maximum atomic E-state index is 14.1. The number of aromatic nitrogens is 3. The van der Waals surface area contributed by atoms with E-state index in [2.05, 4.69) is 21.2 Å². The lowest BCUT2D eigenvalue weighted by Crippen LogP contribution is -2.41. The maximum Gasteiger partial charge on any atom is 0.336 e. The summed E-state index contributed by atoms with van der Waals surface area (Å²) in [7, 11) is 1.72. The van der Waals surface area contributed by atoms with Crippen LogP contribution in [-0.4, -0.2) is 19.6 Å². The van der Waals surface area contributed by atoms with Gasteiger partial charge in [-0.3, -0.25) is 14.2 Å². The number of hydrogen-bond acceptors (Lipinski definition) is 3. The SMILES string of the molecule is Cc1cc2c(c(=O)n(-c3ccccc3)c(=O)n2CC(=O)Nc2ccc(Br)cc2F)n1C. The van der Waals surface area contributed by atoms with Crippen LogP contribution >= 0.6 is 15.9 Å². The number of amides is 1. The van der Waals surface area contributed by atoms with Crippen molar-refractivity contribution in [1.82, 2.24) is 13.7 Å². The van der Waals surface area contributed by atoms with E-state index in [9.17, 15) is 18.8 Å². The van der Waals surface area contributed by atoms with Crippen molar-refractivity contribution in [3.05, 3.63) is 91.4 Å². The van der Waals surface area contributed by atoms with Gasteiger partial charge in [0.1, 0.15) is 17.9 Å². The fourth-order valence-corrected chi connectivity index (χ4v) is 3.80. The van der Waals surface area contributed by atoms with E-state index >= 15 is 0 Å². The van der Waals surface area contributed by atoms with Gasteiger partial charge < -0.3 is 9.88 Å². The average molecular weight is 485 g/mol. The third-order valence-electron chi connectivity index (χ3n) is 5.09. The normalized spacial score (nSPS) is 11.1. The van der Waals surface area contributed by atoms with Gasteiger partial charge in [0, 0.05) is 17.2 Å². The minimum Gasteiger partial charge on any atom is -0.342 e. The summed E-state index contributed by atoms with van der Waals surface area (Å²) in [5, 5.41) is 2.48. The molecule has 4 rings (SSSR count). The quantitative estimate of drug-likeness (QED) is 0.482. The first-order chi connectivity index (χ1) is 14.8. The molecule has 9 heteroatoms. The Morgan fingerprint density at radius 2 is 1.81 bits per heavy atom. The zero-order valence-corrected chi connectivity index (χ0v) is 18.3. The van der Waals surface area contributed by atoms with Gasteiger partial charge in [0.2, 0.25) is 5.91 Å². The van der Waals surface area contributed by atoms with Crippen LogP contribution in [0.5, 0.6) is 0 Å². The Morgan fingerprint density at radius 3 is 2.48 bits per heavy atom. The molecule has 2 aromatic heterocycles. The van der Waals surface area contributed by atoms with E-state index in [4.69, 9.17) is 0 Å². The van der Waals surface area contributed by atoms with Crippen molar-refractivity contribution in [2.24, 2.45) is 7.05 Å². The van der Waals surface area contributed by atoms with Gasteiger partial charge in [-0.15, -0.1) is 0 Å². The predicted molar refractivity (Wildman–Crippen MR) is 120 cm³/mol. The van der Waals surface area contributed by atoms with Crippen LogP contribution in [0.4, 0.5) is 10.1 Å². The van der Waals surface area contributed by atoms with Crippen molar-refractivity contribution in [1.29, 1.82) is 0 Å². The Hall–Kier alpha value is -3.46. The molecule has 0 saturated heterocycles. The molecule has 1 amide bonds. The van der Waals surface area contributed by atoms with Gasteiger partial charge in [-0.25, -0.2) is 13.8 Å². The number of fused-ring (bicyclic) bond motifs is 1. The molecule has 0 spiro atoms. The van der Waals surface area contributed by atoms with Crippen molar-refractivity contribution in [3.8, 4) is 5.69 Å². The number of aryl methyl sites for hydroxylation is 2. The number of nitrogens with one attached hydrogen (secondary N) is 1. The molecule has 0 atom stereocenters. The van der Waals surface area contributed by atoms with Gasteiger partial charge in [-0.05, 0) is 43.3 Å². The molecule has 31 heavy (non-hydrogen) atoms. The van der Waals surface area contributed by atoms with Gasteiger partial charge in [0.05, 0.1) is 16.9 Å². The monoisotopic (exact) mass is 484 g/mol. The summed E-state index contributed by atoms with van der Waals surface area (Å²) in [4.78, 5) is 39.1. The molecule has 0 saturated carbocycles. The van der Waals surface area contributed by atoms with E-state index in [1.54, 1.807) is 61.0 Å². The molecule has 0 aliphatic heterocycles. The molecule has 7 nitrogen and oxygen atoms in total. The predicted octanol–water partition coefficient (Wildman–Crippen LogP) is 3.34. The van der Waals surface area contributed by atoms with Crippen LogP contribution in [0.2, 0.25) is 0 Å². The van der Waals surface area contributed by atoms with Crippen LogP contribution in [0.15, 0.2) is 68.7 Å². The van der Waals surface area contributed by atoms with Gasteiger partial charge in [-0.1, -0.05) is 34.1 Å². The van der Waals surface area contributed by atoms with Crippen molar-refractivity contribution < 1.29 is 9.18 Å². The number of anilines is 1. The second-order valence-corrected chi connectivity index (χ2v) is 8.01. The smallest absolute Gasteiger partial charge is 0.336 e. The maximum absolute atomic E-state index is 14.1. The lowest BCUT2D eigenvalue weighted by atomic mass is 10.3. The van der Waals surface area contributed by atoms with Crippen molar-refractivity contribution >= 4 is 38.6 Å². The van der Waals surface area contributed by atoms with Gasteiger partial charge >= 0.3 is 5.69 Å². The zero-order chi connectivity index (χ0) is 22.3. The molecule has 2 heterocycles. The summed E-state index contributed by atoms with van der Waals surface area (Å²) in [6, 6.07) is 14.4. The summed E-state index contributed by atoms with van der Waals surface area (Å²) < 4.78 is 18.6. The fraction of sp³-hybridized carbons (Fsp3) is 0.136. The summed E-state index contributed by atoms with van der Waals surface area (Å²) in [5.41, 5.74) is 0.658. The van der Waals surface area contributed by atoms with Gasteiger partial charge in [0.25, 0.3) is 5.56 Å². The lowest BCUT2D eigenvalue weighted by Gasteiger charge is -2.13.